The van der Waals surface area contributed by atoms with Gasteiger partial charge in [0.05, 0.1) is 11.0 Å². The van der Waals surface area contributed by atoms with Gasteiger partial charge in [-0.15, -0.1) is 0 Å². The Morgan fingerprint density at radius 2 is 1.90 bits per heavy atom. The summed E-state index contributed by atoms with van der Waals surface area (Å²) < 4.78 is 11.0. The molecule has 0 N–H and O–H groups in total. The lowest BCUT2D eigenvalue weighted by molar-refractivity contribution is -0.150. The van der Waals surface area contributed by atoms with Crippen molar-refractivity contribution in [2.24, 2.45) is 0 Å². The molecule has 1 aliphatic rings. The van der Waals surface area contributed by atoms with Crippen molar-refractivity contribution in [2.75, 3.05) is 6.54 Å². The van der Waals surface area contributed by atoms with Crippen LogP contribution in [0, 0.1) is 6.92 Å². The van der Waals surface area contributed by atoms with Crippen LogP contribution in [0.15, 0.2) is 53.4 Å². The fourth-order valence-electron chi connectivity index (χ4n) is 2.89. The predicted molar refractivity (Wildman–Crippen MR) is 120 cm³/mol. The van der Waals surface area contributed by atoms with Crippen LogP contribution in [0.5, 0.6) is 5.75 Å². The number of benzene rings is 2. The van der Waals surface area contributed by atoms with E-state index in [0.29, 0.717) is 18.8 Å². The molecule has 31 heavy (non-hydrogen) atoms. The van der Waals surface area contributed by atoms with Crippen LogP contribution in [0.3, 0.4) is 0 Å². The minimum Gasteiger partial charge on any atom is -0.489 e. The number of hydrogen-bond donors (Lipinski definition) is 0. The molecule has 1 fully saturated rings. The van der Waals surface area contributed by atoms with E-state index in [1.54, 1.807) is 13.0 Å². The number of ether oxygens (including phenoxy) is 2. The Labute approximate surface area is 186 Å². The van der Waals surface area contributed by atoms with Gasteiger partial charge < -0.3 is 9.47 Å². The van der Waals surface area contributed by atoms with E-state index >= 15 is 0 Å². The highest BCUT2D eigenvalue weighted by molar-refractivity contribution is 8.18. The van der Waals surface area contributed by atoms with E-state index in [-0.39, 0.29) is 17.6 Å². The zero-order valence-corrected chi connectivity index (χ0v) is 18.6. The molecule has 1 aliphatic heterocycles. The Hall–Kier alpha value is -3.06. The molecule has 2 aromatic rings. The minimum absolute atomic E-state index is 0.255. The maximum atomic E-state index is 12.5. The molecule has 1 saturated heterocycles. The van der Waals surface area contributed by atoms with E-state index in [1.165, 1.54) is 5.56 Å². The van der Waals surface area contributed by atoms with Crippen molar-refractivity contribution < 1.29 is 23.9 Å². The summed E-state index contributed by atoms with van der Waals surface area (Å²) in [7, 11) is 0. The molecule has 2 amide bonds. The molecule has 7 heteroatoms. The second-order valence-corrected chi connectivity index (χ2v) is 8.32. The summed E-state index contributed by atoms with van der Waals surface area (Å²) in [5, 5.41) is -0.476. The molecule has 0 unspecified atom stereocenters. The van der Waals surface area contributed by atoms with Gasteiger partial charge in [0.2, 0.25) is 0 Å². The average molecular weight is 440 g/mol. The number of carbonyl (C=O) groups excluding carboxylic acids is 3. The highest BCUT2D eigenvalue weighted by Gasteiger charge is 2.36. The highest BCUT2D eigenvalue weighted by Crippen LogP contribution is 2.32. The first kappa shape index (κ1) is 22.6. The van der Waals surface area contributed by atoms with Gasteiger partial charge in [-0.05, 0) is 61.4 Å². The number of hydrogen-bond acceptors (Lipinski definition) is 6. The van der Waals surface area contributed by atoms with Gasteiger partial charge in [0.25, 0.3) is 11.1 Å². The molecule has 0 saturated carbocycles. The largest absolute Gasteiger partial charge is 0.489 e. The van der Waals surface area contributed by atoms with Gasteiger partial charge in [0.1, 0.15) is 18.9 Å². The van der Waals surface area contributed by atoms with Gasteiger partial charge >= 0.3 is 5.97 Å². The third-order valence-corrected chi connectivity index (χ3v) is 5.64. The molecule has 162 valence electrons. The van der Waals surface area contributed by atoms with E-state index < -0.39 is 17.1 Å². The number of aryl methyl sites for hydroxylation is 1. The van der Waals surface area contributed by atoms with E-state index in [2.05, 4.69) is 6.07 Å². The first-order valence-electron chi connectivity index (χ1n) is 10.1. The summed E-state index contributed by atoms with van der Waals surface area (Å²) >= 11 is 0.816. The predicted octanol–water partition coefficient (Wildman–Crippen LogP) is 4.95. The van der Waals surface area contributed by atoms with Crippen LogP contribution in [0.2, 0.25) is 0 Å². The lowest BCUT2D eigenvalue weighted by Crippen LogP contribution is -2.35. The summed E-state index contributed by atoms with van der Waals surface area (Å²) in [5.41, 5.74) is 3.03. The van der Waals surface area contributed by atoms with Crippen LogP contribution in [0.4, 0.5) is 4.79 Å². The summed E-state index contributed by atoms with van der Waals surface area (Å²) in [6, 6.07) is 15.4. The van der Waals surface area contributed by atoms with Crippen molar-refractivity contribution in [3.05, 3.63) is 70.1 Å². The van der Waals surface area contributed by atoms with E-state index in [0.717, 1.165) is 27.8 Å². The Morgan fingerprint density at radius 1 is 1.16 bits per heavy atom. The fraction of sp³-hybridized carbons (Fsp3) is 0.292. The molecule has 1 atom stereocenters. The molecule has 0 spiro atoms. The van der Waals surface area contributed by atoms with Gasteiger partial charge in [-0.2, -0.15) is 0 Å². The molecule has 0 radical (unpaired) electrons. The first-order valence-corrected chi connectivity index (χ1v) is 10.9. The van der Waals surface area contributed by atoms with Crippen LogP contribution in [-0.4, -0.2) is 34.7 Å². The summed E-state index contributed by atoms with van der Waals surface area (Å²) in [5.74, 6) is -0.372. The van der Waals surface area contributed by atoms with Crippen molar-refractivity contribution in [1.82, 2.24) is 4.90 Å². The fourth-order valence-corrected chi connectivity index (χ4v) is 3.73. The highest BCUT2D eigenvalue weighted by atomic mass is 32.2. The van der Waals surface area contributed by atoms with E-state index in [9.17, 15) is 14.4 Å². The molecule has 1 heterocycles. The van der Waals surface area contributed by atoms with Crippen molar-refractivity contribution in [2.45, 2.75) is 39.9 Å². The topological polar surface area (TPSA) is 72.9 Å². The Morgan fingerprint density at radius 3 is 2.58 bits per heavy atom. The Balaban J connectivity index is 1.60. The number of esters is 1. The van der Waals surface area contributed by atoms with E-state index in [1.807, 2.05) is 56.3 Å². The van der Waals surface area contributed by atoms with Crippen LogP contribution in [-0.2, 0) is 20.9 Å². The van der Waals surface area contributed by atoms with E-state index in [4.69, 9.17) is 9.47 Å². The van der Waals surface area contributed by atoms with Crippen molar-refractivity contribution in [3.63, 3.8) is 0 Å². The lowest BCUT2D eigenvalue weighted by Gasteiger charge is -2.14. The molecular formula is C24H25NO5S. The van der Waals surface area contributed by atoms with Gasteiger partial charge in [0.15, 0.2) is 0 Å². The third kappa shape index (κ3) is 6.21. The number of nitrogens with zero attached hydrogens (tertiary/aromatic N) is 1. The second-order valence-electron chi connectivity index (χ2n) is 7.32. The standard InChI is InChI=1S/C24H25NO5S/c1-4-17(3)30-22(26)14-25-23(27)21(31-24(25)28)13-18-8-10-20(11-9-18)29-15-19-7-5-6-16(2)12-19/h5-13,17H,4,14-15H2,1-3H3/b21-13+/t17-/m1/s1. The lowest BCUT2D eigenvalue weighted by atomic mass is 10.1. The van der Waals surface area contributed by atoms with Gasteiger partial charge in [-0.1, -0.05) is 48.9 Å². The zero-order valence-electron chi connectivity index (χ0n) is 17.8. The van der Waals surface area contributed by atoms with Crippen LogP contribution in [0.1, 0.15) is 37.0 Å². The summed E-state index contributed by atoms with van der Waals surface area (Å²) in [6.07, 6.45) is 2.04. The maximum Gasteiger partial charge on any atom is 0.326 e. The van der Waals surface area contributed by atoms with Crippen LogP contribution in [0.25, 0.3) is 6.08 Å². The normalized spacial score (nSPS) is 16.0. The molecule has 6 nitrogen and oxygen atoms in total. The Bertz CT molecular complexity index is 999. The number of carbonyl (C=O) groups is 3. The monoisotopic (exact) mass is 439 g/mol. The quantitative estimate of drug-likeness (QED) is 0.428. The second kappa shape index (κ2) is 10.3. The third-order valence-electron chi connectivity index (χ3n) is 4.73. The van der Waals surface area contributed by atoms with Crippen molar-refractivity contribution in [3.8, 4) is 5.75 Å². The molecule has 2 aromatic carbocycles. The zero-order chi connectivity index (χ0) is 22.4. The van der Waals surface area contributed by atoms with Gasteiger partial charge in [-0.3, -0.25) is 19.3 Å². The molecular weight excluding hydrogens is 414 g/mol. The van der Waals surface area contributed by atoms with Crippen molar-refractivity contribution >= 4 is 35.0 Å². The molecule has 3 rings (SSSR count). The number of amides is 2. The van der Waals surface area contributed by atoms with Gasteiger partial charge in [-0.25, -0.2) is 0 Å². The minimum atomic E-state index is -0.590. The first-order chi connectivity index (χ1) is 14.9. The smallest absolute Gasteiger partial charge is 0.326 e. The number of imide groups is 1. The van der Waals surface area contributed by atoms with Crippen LogP contribution < -0.4 is 4.74 Å². The summed E-state index contributed by atoms with van der Waals surface area (Å²) in [6.45, 7) is 5.78. The molecule has 0 aliphatic carbocycles. The van der Waals surface area contributed by atoms with Crippen LogP contribution >= 0.6 is 11.8 Å². The number of thioether (sulfide) groups is 1. The molecule has 0 aromatic heterocycles. The summed E-state index contributed by atoms with van der Waals surface area (Å²) in [4.78, 5) is 37.8. The SMILES string of the molecule is CC[C@@H](C)OC(=O)CN1C(=O)S/C(=C/c2ccc(OCc3cccc(C)c3)cc2)C1=O. The van der Waals surface area contributed by atoms with Gasteiger partial charge in [0, 0.05) is 0 Å². The maximum absolute atomic E-state index is 12.5. The average Bonchev–Trinajstić information content (AvgIpc) is 3.00. The van der Waals surface area contributed by atoms with Crippen molar-refractivity contribution in [1.29, 1.82) is 0 Å². The number of rotatable bonds is 8. The molecule has 0 bridgehead atoms. The Kier molecular flexibility index (Phi) is 7.52.